The first-order chi connectivity index (χ1) is 9.30. The molecule has 0 fully saturated rings. The molecule has 0 spiro atoms. The molecule has 0 aromatic carbocycles. The maximum Gasteiger partial charge on any atom is 0.574 e. The van der Waals surface area contributed by atoms with Crippen molar-refractivity contribution in [2.24, 2.45) is 0 Å². The number of ether oxygens (including phenoxy) is 3. The Morgan fingerprint density at radius 1 is 1.40 bits per heavy atom. The van der Waals surface area contributed by atoms with Crippen LogP contribution in [0.15, 0.2) is 6.07 Å². The van der Waals surface area contributed by atoms with Crippen molar-refractivity contribution in [3.63, 3.8) is 0 Å². The van der Waals surface area contributed by atoms with Crippen LogP contribution in [0.1, 0.15) is 11.3 Å². The molecule has 0 saturated heterocycles. The zero-order valence-electron chi connectivity index (χ0n) is 10.6. The summed E-state index contributed by atoms with van der Waals surface area (Å²) in [4.78, 5) is 14.8. The van der Waals surface area contributed by atoms with Crippen molar-refractivity contribution in [1.29, 1.82) is 0 Å². The number of hydrogen-bond donors (Lipinski definition) is 0. The maximum absolute atomic E-state index is 12.3. The maximum atomic E-state index is 12.3. The van der Waals surface area contributed by atoms with Crippen LogP contribution in [-0.2, 0) is 21.8 Å². The number of aromatic nitrogens is 1. The van der Waals surface area contributed by atoms with Crippen molar-refractivity contribution < 1.29 is 32.2 Å². The van der Waals surface area contributed by atoms with Crippen LogP contribution in [0.3, 0.4) is 0 Å². The first-order valence-electron chi connectivity index (χ1n) is 5.26. The monoisotopic (exact) mass is 313 g/mol. The van der Waals surface area contributed by atoms with Crippen LogP contribution >= 0.6 is 11.6 Å². The first kappa shape index (κ1) is 16.4. The lowest BCUT2D eigenvalue weighted by Crippen LogP contribution is -2.20. The molecule has 0 radical (unpaired) electrons. The number of rotatable bonds is 5. The Balaban J connectivity index is 3.25. The third-order valence-corrected chi connectivity index (χ3v) is 2.48. The van der Waals surface area contributed by atoms with Gasteiger partial charge in [0.1, 0.15) is 11.4 Å². The number of nitrogens with zero attached hydrogens (tertiary/aromatic N) is 1. The topological polar surface area (TPSA) is 57.7 Å². The third kappa shape index (κ3) is 4.44. The van der Waals surface area contributed by atoms with E-state index in [1.807, 2.05) is 0 Å². The van der Waals surface area contributed by atoms with E-state index in [9.17, 15) is 18.0 Å². The Morgan fingerprint density at radius 3 is 2.50 bits per heavy atom. The van der Waals surface area contributed by atoms with Crippen LogP contribution < -0.4 is 9.47 Å². The average molecular weight is 314 g/mol. The number of carbonyl (C=O) groups excluding carboxylic acids is 1. The van der Waals surface area contributed by atoms with E-state index in [-0.39, 0.29) is 22.9 Å². The van der Waals surface area contributed by atoms with Gasteiger partial charge in [-0.15, -0.1) is 24.8 Å². The molecule has 112 valence electrons. The Hall–Kier alpha value is -1.70. The number of alkyl halides is 4. The highest BCUT2D eigenvalue weighted by atomic mass is 35.5. The second kappa shape index (κ2) is 6.65. The van der Waals surface area contributed by atoms with E-state index in [1.165, 1.54) is 13.2 Å². The summed E-state index contributed by atoms with van der Waals surface area (Å²) in [5, 5.41) is 0. The number of methoxy groups -OCH3 is 2. The smallest absolute Gasteiger partial charge is 0.495 e. The minimum absolute atomic E-state index is 0.0713. The van der Waals surface area contributed by atoms with E-state index in [0.717, 1.165) is 7.11 Å². The fourth-order valence-corrected chi connectivity index (χ4v) is 1.57. The summed E-state index contributed by atoms with van der Waals surface area (Å²) >= 11 is 5.57. The van der Waals surface area contributed by atoms with Gasteiger partial charge in [-0.1, -0.05) is 0 Å². The predicted molar refractivity (Wildman–Crippen MR) is 62.7 cm³/mol. The lowest BCUT2D eigenvalue weighted by Gasteiger charge is -2.15. The minimum atomic E-state index is -4.93. The highest BCUT2D eigenvalue weighted by molar-refractivity contribution is 6.17. The highest BCUT2D eigenvalue weighted by Crippen LogP contribution is 2.30. The van der Waals surface area contributed by atoms with E-state index in [4.69, 9.17) is 16.3 Å². The molecule has 0 aliphatic heterocycles. The fourth-order valence-electron chi connectivity index (χ4n) is 1.38. The van der Waals surface area contributed by atoms with E-state index >= 15 is 0 Å². The Morgan fingerprint density at radius 2 is 2.05 bits per heavy atom. The van der Waals surface area contributed by atoms with Gasteiger partial charge in [-0.2, -0.15) is 0 Å². The highest BCUT2D eigenvalue weighted by Gasteiger charge is 2.33. The van der Waals surface area contributed by atoms with Crippen molar-refractivity contribution in [3.8, 4) is 11.6 Å². The van der Waals surface area contributed by atoms with Gasteiger partial charge in [0.2, 0.25) is 5.88 Å². The van der Waals surface area contributed by atoms with E-state index < -0.39 is 24.6 Å². The molecule has 1 aromatic rings. The lowest BCUT2D eigenvalue weighted by molar-refractivity contribution is -0.276. The number of halogens is 4. The molecule has 1 rings (SSSR count). The van der Waals surface area contributed by atoms with Crippen molar-refractivity contribution >= 4 is 17.6 Å². The van der Waals surface area contributed by atoms with Gasteiger partial charge in [0.25, 0.3) is 0 Å². The molecular formula is C11H11ClF3NO4. The lowest BCUT2D eigenvalue weighted by atomic mass is 10.1. The molecule has 5 nitrogen and oxygen atoms in total. The summed E-state index contributed by atoms with van der Waals surface area (Å²) in [6.07, 6.45) is -5.37. The summed E-state index contributed by atoms with van der Waals surface area (Å²) in [6, 6.07) is 1.21. The molecule has 1 aromatic heterocycles. The molecule has 0 unspecified atom stereocenters. The zero-order valence-corrected chi connectivity index (χ0v) is 11.3. The van der Waals surface area contributed by atoms with Gasteiger partial charge in [-0.05, 0) is 6.07 Å². The molecule has 9 heteroatoms. The van der Waals surface area contributed by atoms with Crippen LogP contribution in [0.2, 0.25) is 0 Å². The summed E-state index contributed by atoms with van der Waals surface area (Å²) in [5.41, 5.74) is -0.0399. The van der Waals surface area contributed by atoms with Gasteiger partial charge < -0.3 is 14.2 Å². The number of carbonyl (C=O) groups is 1. The normalized spacial score (nSPS) is 11.1. The van der Waals surface area contributed by atoms with Gasteiger partial charge in [-0.25, -0.2) is 4.98 Å². The van der Waals surface area contributed by atoms with Gasteiger partial charge in [0.15, 0.2) is 0 Å². The fraction of sp³-hybridized carbons (Fsp3) is 0.455. The standard InChI is InChI=1S/C11H11ClF3NO4/c1-18-8-3-6(4-9(17)19-2)10(16-7(8)5-12)20-11(13,14)15/h3H,4-5H2,1-2H3. The van der Waals surface area contributed by atoms with Crippen molar-refractivity contribution in [2.75, 3.05) is 14.2 Å². The molecule has 0 saturated carbocycles. The van der Waals surface area contributed by atoms with Gasteiger partial charge in [0, 0.05) is 5.56 Å². The first-order valence-corrected chi connectivity index (χ1v) is 5.79. The van der Waals surface area contributed by atoms with Crippen molar-refractivity contribution in [1.82, 2.24) is 4.98 Å². The molecular weight excluding hydrogens is 303 g/mol. The van der Waals surface area contributed by atoms with Gasteiger partial charge >= 0.3 is 12.3 Å². The molecule has 0 aliphatic rings. The van der Waals surface area contributed by atoms with E-state index in [0.29, 0.717) is 0 Å². The SMILES string of the molecule is COC(=O)Cc1cc(OC)c(CCl)nc1OC(F)(F)F. The molecule has 0 amide bonds. The average Bonchev–Trinajstić information content (AvgIpc) is 2.38. The van der Waals surface area contributed by atoms with Crippen LogP contribution in [0.4, 0.5) is 13.2 Å². The Kier molecular flexibility index (Phi) is 5.43. The molecule has 1 heterocycles. The predicted octanol–water partition coefficient (Wildman–Crippen LogP) is 2.44. The molecule has 20 heavy (non-hydrogen) atoms. The number of pyridine rings is 1. The van der Waals surface area contributed by atoms with Gasteiger partial charge in [0.05, 0.1) is 26.5 Å². The Labute approximate surface area is 117 Å². The largest absolute Gasteiger partial charge is 0.574 e. The number of hydrogen-bond acceptors (Lipinski definition) is 5. The van der Waals surface area contributed by atoms with Crippen LogP contribution in [0, 0.1) is 0 Å². The summed E-state index contributed by atoms with van der Waals surface area (Å²) < 4.78 is 50.1. The second-order valence-electron chi connectivity index (χ2n) is 3.54. The minimum Gasteiger partial charge on any atom is -0.495 e. The summed E-state index contributed by atoms with van der Waals surface area (Å²) in [5.74, 6) is -1.50. The van der Waals surface area contributed by atoms with E-state index in [2.05, 4.69) is 14.5 Å². The van der Waals surface area contributed by atoms with Crippen LogP contribution in [0.25, 0.3) is 0 Å². The molecule has 0 bridgehead atoms. The number of esters is 1. The third-order valence-electron chi connectivity index (χ3n) is 2.22. The van der Waals surface area contributed by atoms with Crippen LogP contribution in [-0.4, -0.2) is 31.5 Å². The van der Waals surface area contributed by atoms with Gasteiger partial charge in [-0.3, -0.25) is 4.79 Å². The summed E-state index contributed by atoms with van der Waals surface area (Å²) in [6.45, 7) is 0. The summed E-state index contributed by atoms with van der Waals surface area (Å²) in [7, 11) is 2.42. The molecule has 0 aliphatic carbocycles. The van der Waals surface area contributed by atoms with Crippen molar-refractivity contribution in [3.05, 3.63) is 17.3 Å². The quantitative estimate of drug-likeness (QED) is 0.617. The second-order valence-corrected chi connectivity index (χ2v) is 3.80. The van der Waals surface area contributed by atoms with Crippen molar-refractivity contribution in [2.45, 2.75) is 18.7 Å². The molecule has 0 atom stereocenters. The zero-order chi connectivity index (χ0) is 15.3. The van der Waals surface area contributed by atoms with Crippen LogP contribution in [0.5, 0.6) is 11.6 Å². The molecule has 0 N–H and O–H groups in total. The Bertz CT molecular complexity index is 493. The van der Waals surface area contributed by atoms with E-state index in [1.54, 1.807) is 0 Å².